The van der Waals surface area contributed by atoms with E-state index in [1.807, 2.05) is 24.0 Å². The molecule has 0 heterocycles. The predicted molar refractivity (Wildman–Crippen MR) is 100 cm³/mol. The van der Waals surface area contributed by atoms with Gasteiger partial charge in [0.15, 0.2) is 0 Å². The summed E-state index contributed by atoms with van der Waals surface area (Å²) in [7, 11) is 2.96. The van der Waals surface area contributed by atoms with Crippen molar-refractivity contribution < 1.29 is 19.1 Å². The number of anilines is 1. The minimum absolute atomic E-state index is 0.0962. The zero-order valence-electron chi connectivity index (χ0n) is 15.3. The molecule has 0 aliphatic carbocycles. The quantitative estimate of drug-likeness (QED) is 0.737. The van der Waals surface area contributed by atoms with Gasteiger partial charge in [0.1, 0.15) is 5.75 Å². The third kappa shape index (κ3) is 5.60. The van der Waals surface area contributed by atoms with E-state index in [9.17, 15) is 9.59 Å². The normalized spacial score (nSPS) is 10.5. The fourth-order valence-electron chi connectivity index (χ4n) is 2.53. The van der Waals surface area contributed by atoms with Crippen LogP contribution < -0.4 is 10.1 Å². The molecule has 1 amide bonds. The molecule has 26 heavy (non-hydrogen) atoms. The molecule has 1 N–H and O–H groups in total. The van der Waals surface area contributed by atoms with Gasteiger partial charge in [-0.3, -0.25) is 9.69 Å². The van der Waals surface area contributed by atoms with Gasteiger partial charge in [-0.15, -0.1) is 0 Å². The molecular formula is C20H24N2O4. The first-order chi connectivity index (χ1) is 12.5. The van der Waals surface area contributed by atoms with Crippen molar-refractivity contribution in [1.29, 1.82) is 0 Å². The molecule has 0 fully saturated rings. The van der Waals surface area contributed by atoms with E-state index in [2.05, 4.69) is 5.32 Å². The van der Waals surface area contributed by atoms with E-state index in [0.717, 1.165) is 17.0 Å². The molecule has 2 rings (SSSR count). The highest BCUT2D eigenvalue weighted by Crippen LogP contribution is 2.15. The minimum Gasteiger partial charge on any atom is -0.497 e. The maximum atomic E-state index is 12.3. The Morgan fingerprint density at radius 3 is 2.42 bits per heavy atom. The molecule has 6 nitrogen and oxygen atoms in total. The lowest BCUT2D eigenvalue weighted by Crippen LogP contribution is -2.32. The van der Waals surface area contributed by atoms with E-state index in [4.69, 9.17) is 9.47 Å². The van der Waals surface area contributed by atoms with Crippen molar-refractivity contribution in [3.05, 3.63) is 59.7 Å². The Balaban J connectivity index is 1.95. The number of hydrogen-bond acceptors (Lipinski definition) is 5. The third-order valence-electron chi connectivity index (χ3n) is 3.94. The summed E-state index contributed by atoms with van der Waals surface area (Å²) in [5, 5.41) is 2.87. The molecule has 0 spiro atoms. The lowest BCUT2D eigenvalue weighted by atomic mass is 10.1. The Morgan fingerprint density at radius 1 is 1.08 bits per heavy atom. The van der Waals surface area contributed by atoms with Crippen LogP contribution in [0.3, 0.4) is 0 Å². The molecule has 0 radical (unpaired) electrons. The first-order valence-electron chi connectivity index (χ1n) is 8.39. The number of nitrogens with zero attached hydrogens (tertiary/aromatic N) is 1. The number of rotatable bonds is 8. The summed E-state index contributed by atoms with van der Waals surface area (Å²) in [5.74, 6) is 0.275. The zero-order valence-corrected chi connectivity index (χ0v) is 15.3. The molecule has 0 aliphatic rings. The van der Waals surface area contributed by atoms with E-state index in [0.29, 0.717) is 18.7 Å². The fourth-order valence-corrected chi connectivity index (χ4v) is 2.53. The highest BCUT2D eigenvalue weighted by molar-refractivity contribution is 5.92. The number of esters is 1. The van der Waals surface area contributed by atoms with Crippen molar-refractivity contribution in [1.82, 2.24) is 4.90 Å². The second kappa shape index (κ2) is 9.58. The molecule has 138 valence electrons. The van der Waals surface area contributed by atoms with Gasteiger partial charge in [0.25, 0.3) is 0 Å². The van der Waals surface area contributed by atoms with E-state index < -0.39 is 0 Å². The number of amides is 1. The maximum Gasteiger partial charge on any atom is 0.337 e. The van der Waals surface area contributed by atoms with Crippen LogP contribution in [0.2, 0.25) is 0 Å². The number of likely N-dealkylation sites (N-methyl/N-ethyl adjacent to an activating group) is 1. The number of ether oxygens (including phenoxy) is 2. The molecule has 0 saturated heterocycles. The largest absolute Gasteiger partial charge is 0.497 e. The van der Waals surface area contributed by atoms with Gasteiger partial charge < -0.3 is 14.8 Å². The summed E-state index contributed by atoms with van der Waals surface area (Å²) >= 11 is 0. The second-order valence-electron chi connectivity index (χ2n) is 5.77. The van der Waals surface area contributed by atoms with Crippen LogP contribution in [0.25, 0.3) is 0 Å². The van der Waals surface area contributed by atoms with Gasteiger partial charge in [-0.05, 0) is 48.5 Å². The number of carbonyl (C=O) groups excluding carboxylic acids is 2. The summed E-state index contributed by atoms with van der Waals surface area (Å²) in [5.41, 5.74) is 2.18. The summed E-state index contributed by atoms with van der Waals surface area (Å²) in [6.07, 6.45) is 0. The molecule has 0 saturated carbocycles. The summed E-state index contributed by atoms with van der Waals surface area (Å²) in [6, 6.07) is 14.4. The minimum atomic E-state index is -0.368. The average molecular weight is 356 g/mol. The van der Waals surface area contributed by atoms with Crippen LogP contribution in [0, 0.1) is 0 Å². The Kier molecular flexibility index (Phi) is 7.17. The van der Waals surface area contributed by atoms with Gasteiger partial charge in [0.2, 0.25) is 5.91 Å². The summed E-state index contributed by atoms with van der Waals surface area (Å²) < 4.78 is 9.85. The van der Waals surface area contributed by atoms with E-state index in [-0.39, 0.29) is 18.4 Å². The third-order valence-corrected chi connectivity index (χ3v) is 3.94. The molecule has 0 unspecified atom stereocenters. The van der Waals surface area contributed by atoms with Crippen molar-refractivity contribution in [2.24, 2.45) is 0 Å². The van der Waals surface area contributed by atoms with Crippen molar-refractivity contribution in [3.63, 3.8) is 0 Å². The van der Waals surface area contributed by atoms with Gasteiger partial charge in [-0.2, -0.15) is 0 Å². The molecule has 0 atom stereocenters. The van der Waals surface area contributed by atoms with Crippen molar-refractivity contribution >= 4 is 17.6 Å². The van der Waals surface area contributed by atoms with Crippen LogP contribution in [0.5, 0.6) is 5.75 Å². The maximum absolute atomic E-state index is 12.3. The molecule has 2 aromatic rings. The van der Waals surface area contributed by atoms with Crippen LogP contribution >= 0.6 is 0 Å². The summed E-state index contributed by atoms with van der Waals surface area (Å²) in [6.45, 7) is 3.52. The zero-order chi connectivity index (χ0) is 18.9. The number of benzene rings is 2. The Labute approximate surface area is 153 Å². The SMILES string of the molecule is CCN(CC(=O)Nc1ccc(OC)cc1)Cc1cccc(C(=O)OC)c1. The highest BCUT2D eigenvalue weighted by Gasteiger charge is 2.12. The molecule has 0 aromatic heterocycles. The molecule has 0 bridgehead atoms. The highest BCUT2D eigenvalue weighted by atomic mass is 16.5. The molecular weight excluding hydrogens is 332 g/mol. The van der Waals surface area contributed by atoms with Gasteiger partial charge >= 0.3 is 5.97 Å². The van der Waals surface area contributed by atoms with Crippen molar-refractivity contribution in [2.75, 3.05) is 32.6 Å². The first-order valence-corrected chi connectivity index (χ1v) is 8.39. The topological polar surface area (TPSA) is 67.9 Å². The Bertz CT molecular complexity index is 744. The molecule has 6 heteroatoms. The average Bonchev–Trinajstić information content (AvgIpc) is 2.67. The fraction of sp³-hybridized carbons (Fsp3) is 0.300. The number of carbonyl (C=O) groups is 2. The standard InChI is InChI=1S/C20H24N2O4/c1-4-22(13-15-6-5-7-16(12-15)20(24)26-3)14-19(23)21-17-8-10-18(25-2)11-9-17/h5-12H,4,13-14H2,1-3H3,(H,21,23). The van der Waals surface area contributed by atoms with Crippen molar-refractivity contribution in [3.8, 4) is 5.75 Å². The van der Waals surface area contributed by atoms with Crippen LogP contribution in [0.4, 0.5) is 5.69 Å². The molecule has 0 aliphatic heterocycles. The number of methoxy groups -OCH3 is 2. The van der Waals surface area contributed by atoms with E-state index in [1.54, 1.807) is 43.5 Å². The lowest BCUT2D eigenvalue weighted by Gasteiger charge is -2.20. The lowest BCUT2D eigenvalue weighted by molar-refractivity contribution is -0.117. The van der Waals surface area contributed by atoms with E-state index >= 15 is 0 Å². The van der Waals surface area contributed by atoms with Crippen LogP contribution in [0.15, 0.2) is 48.5 Å². The van der Waals surface area contributed by atoms with Crippen molar-refractivity contribution in [2.45, 2.75) is 13.5 Å². The predicted octanol–water partition coefficient (Wildman–Crippen LogP) is 2.94. The van der Waals surface area contributed by atoms with Crippen LogP contribution in [0.1, 0.15) is 22.8 Å². The number of hydrogen-bond donors (Lipinski definition) is 1. The van der Waals surface area contributed by atoms with Crippen LogP contribution in [-0.2, 0) is 16.1 Å². The number of nitrogens with one attached hydrogen (secondary N) is 1. The Hall–Kier alpha value is -2.86. The van der Waals surface area contributed by atoms with Crippen LogP contribution in [-0.4, -0.2) is 44.1 Å². The van der Waals surface area contributed by atoms with Gasteiger partial charge in [0.05, 0.1) is 26.3 Å². The Morgan fingerprint density at radius 2 is 1.81 bits per heavy atom. The van der Waals surface area contributed by atoms with Gasteiger partial charge in [0, 0.05) is 12.2 Å². The second-order valence-corrected chi connectivity index (χ2v) is 5.77. The van der Waals surface area contributed by atoms with E-state index in [1.165, 1.54) is 7.11 Å². The monoisotopic (exact) mass is 356 g/mol. The molecule has 2 aromatic carbocycles. The first kappa shape index (κ1) is 19.5. The van der Waals surface area contributed by atoms with Gasteiger partial charge in [-0.1, -0.05) is 19.1 Å². The smallest absolute Gasteiger partial charge is 0.337 e. The summed E-state index contributed by atoms with van der Waals surface area (Å²) in [4.78, 5) is 25.9. The van der Waals surface area contributed by atoms with Gasteiger partial charge in [-0.25, -0.2) is 4.79 Å².